The minimum absolute atomic E-state index is 0.00935. The second-order valence-electron chi connectivity index (χ2n) is 6.62. The van der Waals surface area contributed by atoms with Crippen molar-refractivity contribution in [3.8, 4) is 0 Å². The Kier molecular flexibility index (Phi) is 3.14. The van der Waals surface area contributed by atoms with E-state index in [1.807, 2.05) is 0 Å². The van der Waals surface area contributed by atoms with Crippen LogP contribution in [0.4, 0.5) is 0 Å². The normalized spacial score (nSPS) is 35.0. The number of rotatable bonds is 3. The molecule has 3 aliphatic rings. The summed E-state index contributed by atoms with van der Waals surface area (Å²) in [5, 5.41) is 0. The molecule has 3 atom stereocenters. The molecular weight excluding hydrogens is 248 g/mol. The molecule has 0 bridgehead atoms. The zero-order valence-electron chi connectivity index (χ0n) is 11.9. The molecule has 20 heavy (non-hydrogen) atoms. The summed E-state index contributed by atoms with van der Waals surface area (Å²) in [6.45, 7) is 0.756. The van der Waals surface area contributed by atoms with Crippen molar-refractivity contribution in [2.24, 2.45) is 17.8 Å². The second kappa shape index (κ2) is 5.00. The Labute approximate surface area is 120 Å². The third-order valence-electron chi connectivity index (χ3n) is 5.51. The van der Waals surface area contributed by atoms with Gasteiger partial charge in [0.25, 0.3) is 0 Å². The zero-order valence-corrected chi connectivity index (χ0v) is 11.9. The highest BCUT2D eigenvalue weighted by molar-refractivity contribution is 5.85. The maximum atomic E-state index is 12.6. The fourth-order valence-electron chi connectivity index (χ4n) is 4.43. The summed E-state index contributed by atoms with van der Waals surface area (Å²) in [6.07, 6.45) is 6.80. The Morgan fingerprint density at radius 1 is 1.15 bits per heavy atom. The Hall–Kier alpha value is -1.15. The van der Waals surface area contributed by atoms with E-state index in [0.29, 0.717) is 18.1 Å². The van der Waals surface area contributed by atoms with Crippen LogP contribution in [0.25, 0.3) is 0 Å². The Balaban J connectivity index is 1.46. The van der Waals surface area contributed by atoms with Crippen LogP contribution < -0.4 is 0 Å². The maximum Gasteiger partial charge on any atom is 0.139 e. The summed E-state index contributed by atoms with van der Waals surface area (Å²) in [5.41, 5.74) is 2.61. The van der Waals surface area contributed by atoms with Gasteiger partial charge in [-0.25, -0.2) is 0 Å². The van der Waals surface area contributed by atoms with Gasteiger partial charge in [-0.15, -0.1) is 0 Å². The topological polar surface area (TPSA) is 26.3 Å². The van der Waals surface area contributed by atoms with E-state index in [9.17, 15) is 4.79 Å². The quantitative estimate of drug-likeness (QED) is 0.837. The molecule has 2 aliphatic carbocycles. The van der Waals surface area contributed by atoms with Gasteiger partial charge in [-0.1, -0.05) is 37.1 Å². The molecule has 1 heterocycles. The molecule has 0 N–H and O–H groups in total. The first kappa shape index (κ1) is 12.6. The SMILES string of the molecule is O=C(CC1OCCc2ccccc21)C1C2CCCCC21. The number of hydrogen-bond acceptors (Lipinski definition) is 2. The summed E-state index contributed by atoms with van der Waals surface area (Å²) in [6, 6.07) is 8.44. The van der Waals surface area contributed by atoms with Gasteiger partial charge in [0.2, 0.25) is 0 Å². The Morgan fingerprint density at radius 2 is 1.90 bits per heavy atom. The predicted molar refractivity (Wildman–Crippen MR) is 77.4 cm³/mol. The lowest BCUT2D eigenvalue weighted by Crippen LogP contribution is -2.20. The van der Waals surface area contributed by atoms with E-state index in [4.69, 9.17) is 4.74 Å². The minimum atomic E-state index is 0.00935. The van der Waals surface area contributed by atoms with Gasteiger partial charge in [-0.2, -0.15) is 0 Å². The molecule has 2 heteroatoms. The zero-order chi connectivity index (χ0) is 13.5. The van der Waals surface area contributed by atoms with Crippen LogP contribution in [-0.4, -0.2) is 12.4 Å². The fraction of sp³-hybridized carbons (Fsp3) is 0.611. The largest absolute Gasteiger partial charge is 0.373 e. The van der Waals surface area contributed by atoms with Crippen LogP contribution in [-0.2, 0) is 16.0 Å². The first-order valence-corrected chi connectivity index (χ1v) is 8.07. The molecule has 3 unspecified atom stereocenters. The molecule has 1 aliphatic heterocycles. The summed E-state index contributed by atoms with van der Waals surface area (Å²) in [5.74, 6) is 2.27. The third kappa shape index (κ3) is 2.10. The van der Waals surface area contributed by atoms with Crippen LogP contribution in [0.15, 0.2) is 24.3 Å². The van der Waals surface area contributed by atoms with Gasteiger partial charge in [-0.05, 0) is 42.2 Å². The van der Waals surface area contributed by atoms with Gasteiger partial charge in [0, 0.05) is 12.3 Å². The maximum absolute atomic E-state index is 12.6. The molecule has 1 aromatic rings. The van der Waals surface area contributed by atoms with Crippen LogP contribution >= 0.6 is 0 Å². The molecule has 2 saturated carbocycles. The van der Waals surface area contributed by atoms with E-state index in [1.54, 1.807) is 0 Å². The molecular formula is C18H22O2. The lowest BCUT2D eigenvalue weighted by Gasteiger charge is -2.25. The van der Waals surface area contributed by atoms with Gasteiger partial charge in [0.15, 0.2) is 0 Å². The molecule has 2 nitrogen and oxygen atoms in total. The highest BCUT2D eigenvalue weighted by Crippen LogP contribution is 2.56. The molecule has 0 amide bonds. The van der Waals surface area contributed by atoms with Crippen molar-refractivity contribution in [2.75, 3.05) is 6.61 Å². The van der Waals surface area contributed by atoms with E-state index in [-0.39, 0.29) is 6.10 Å². The molecule has 0 aromatic heterocycles. The van der Waals surface area contributed by atoms with E-state index in [2.05, 4.69) is 24.3 Å². The lowest BCUT2D eigenvalue weighted by atomic mass is 9.93. The smallest absolute Gasteiger partial charge is 0.139 e. The standard InChI is InChI=1S/C18H22O2/c19-16(18-14-7-3-4-8-15(14)18)11-17-13-6-2-1-5-12(13)9-10-20-17/h1-2,5-6,14-15,17-18H,3-4,7-11H2. The van der Waals surface area contributed by atoms with E-state index in [1.165, 1.54) is 36.8 Å². The highest BCUT2D eigenvalue weighted by Gasteiger charge is 2.54. The average Bonchev–Trinajstić information content (AvgIpc) is 3.22. The van der Waals surface area contributed by atoms with Crippen molar-refractivity contribution < 1.29 is 9.53 Å². The van der Waals surface area contributed by atoms with Crippen LogP contribution in [0, 0.1) is 17.8 Å². The number of Topliss-reactive ketones (excluding diaryl/α,β-unsaturated/α-hetero) is 1. The number of ether oxygens (including phenoxy) is 1. The van der Waals surface area contributed by atoms with Crippen molar-refractivity contribution in [1.29, 1.82) is 0 Å². The van der Waals surface area contributed by atoms with Crippen molar-refractivity contribution >= 4 is 5.78 Å². The molecule has 0 spiro atoms. The van der Waals surface area contributed by atoms with Gasteiger partial charge in [-0.3, -0.25) is 4.79 Å². The van der Waals surface area contributed by atoms with Crippen LogP contribution in [0.3, 0.4) is 0 Å². The lowest BCUT2D eigenvalue weighted by molar-refractivity contribution is -0.124. The Bertz CT molecular complexity index is 510. The number of hydrogen-bond donors (Lipinski definition) is 0. The van der Waals surface area contributed by atoms with Gasteiger partial charge < -0.3 is 4.74 Å². The summed E-state index contributed by atoms with van der Waals surface area (Å²) >= 11 is 0. The first-order chi connectivity index (χ1) is 9.84. The van der Waals surface area contributed by atoms with Crippen LogP contribution in [0.2, 0.25) is 0 Å². The molecule has 106 valence electrons. The average molecular weight is 270 g/mol. The second-order valence-corrected chi connectivity index (χ2v) is 6.62. The van der Waals surface area contributed by atoms with Gasteiger partial charge >= 0.3 is 0 Å². The molecule has 0 saturated heterocycles. The van der Waals surface area contributed by atoms with Gasteiger partial charge in [0.1, 0.15) is 5.78 Å². The monoisotopic (exact) mass is 270 g/mol. The van der Waals surface area contributed by atoms with Crippen molar-refractivity contribution in [2.45, 2.75) is 44.6 Å². The Morgan fingerprint density at radius 3 is 2.70 bits per heavy atom. The van der Waals surface area contributed by atoms with Crippen LogP contribution in [0.1, 0.15) is 49.3 Å². The van der Waals surface area contributed by atoms with E-state index in [0.717, 1.165) is 24.9 Å². The van der Waals surface area contributed by atoms with Crippen molar-refractivity contribution in [3.63, 3.8) is 0 Å². The van der Waals surface area contributed by atoms with Crippen molar-refractivity contribution in [3.05, 3.63) is 35.4 Å². The molecule has 2 fully saturated rings. The predicted octanol–water partition coefficient (Wildman–Crippen LogP) is 3.70. The molecule has 1 aromatic carbocycles. The fourth-order valence-corrected chi connectivity index (χ4v) is 4.43. The number of fused-ring (bicyclic) bond motifs is 2. The van der Waals surface area contributed by atoms with Crippen molar-refractivity contribution in [1.82, 2.24) is 0 Å². The van der Waals surface area contributed by atoms with Gasteiger partial charge in [0.05, 0.1) is 12.7 Å². The number of carbonyl (C=O) groups excluding carboxylic acids is 1. The number of carbonyl (C=O) groups is 1. The van der Waals surface area contributed by atoms with E-state index < -0.39 is 0 Å². The summed E-state index contributed by atoms with van der Waals surface area (Å²) in [4.78, 5) is 12.6. The third-order valence-corrected chi connectivity index (χ3v) is 5.51. The highest BCUT2D eigenvalue weighted by atomic mass is 16.5. The first-order valence-electron chi connectivity index (χ1n) is 8.07. The molecule has 0 radical (unpaired) electrons. The van der Waals surface area contributed by atoms with Crippen LogP contribution in [0.5, 0.6) is 0 Å². The molecule has 4 rings (SSSR count). The minimum Gasteiger partial charge on any atom is -0.373 e. The summed E-state index contributed by atoms with van der Waals surface area (Å²) in [7, 11) is 0. The number of ketones is 1. The van der Waals surface area contributed by atoms with E-state index >= 15 is 0 Å². The summed E-state index contributed by atoms with van der Waals surface area (Å²) < 4.78 is 5.89. The number of benzene rings is 1.